The normalized spacial score (nSPS) is 11.8. The third kappa shape index (κ3) is 8.68. The molecular formula is C60H54GeIrN4O-2. The van der Waals surface area contributed by atoms with E-state index in [1.807, 2.05) is 36.4 Å². The summed E-state index contributed by atoms with van der Waals surface area (Å²) < 4.78 is 10.6. The van der Waals surface area contributed by atoms with Gasteiger partial charge < -0.3 is 8.98 Å². The van der Waals surface area contributed by atoms with Crippen molar-refractivity contribution in [3.63, 3.8) is 0 Å². The number of hydrogen-bond donors (Lipinski definition) is 0. The third-order valence-electron chi connectivity index (χ3n) is 12.6. The van der Waals surface area contributed by atoms with Crippen molar-refractivity contribution in [1.82, 2.24) is 19.5 Å². The van der Waals surface area contributed by atoms with E-state index in [9.17, 15) is 0 Å². The third-order valence-corrected chi connectivity index (χ3v) is 17.0. The van der Waals surface area contributed by atoms with Crippen molar-refractivity contribution in [1.29, 1.82) is 0 Å². The Bertz CT molecular complexity index is 3570. The van der Waals surface area contributed by atoms with Crippen LogP contribution in [0.2, 0.25) is 17.3 Å². The predicted octanol–water partition coefficient (Wildman–Crippen LogP) is 15.5. The number of rotatable bonds is 8. The van der Waals surface area contributed by atoms with E-state index in [1.54, 1.807) is 4.40 Å². The maximum atomic E-state index is 6.71. The zero-order valence-corrected chi connectivity index (χ0v) is 43.9. The van der Waals surface area contributed by atoms with E-state index in [0.29, 0.717) is 11.6 Å². The molecule has 0 aliphatic rings. The molecule has 0 N–H and O–H groups in total. The van der Waals surface area contributed by atoms with Crippen molar-refractivity contribution in [2.45, 2.75) is 64.2 Å². The fourth-order valence-electron chi connectivity index (χ4n) is 9.68. The van der Waals surface area contributed by atoms with Gasteiger partial charge in [-0.3, -0.25) is 4.98 Å². The summed E-state index contributed by atoms with van der Waals surface area (Å²) in [4.78, 5) is 15.0. The molecule has 335 valence electrons. The fraction of sp³-hybridized carbons (Fsp3) is 0.183. The Balaban J connectivity index is 0.000000226. The molecule has 0 saturated heterocycles. The van der Waals surface area contributed by atoms with Gasteiger partial charge in [-0.25, -0.2) is 4.98 Å². The van der Waals surface area contributed by atoms with Gasteiger partial charge in [-0.1, -0.05) is 123 Å². The second-order valence-electron chi connectivity index (χ2n) is 19.2. The standard InChI is InChI=1S/C42H30N3O.C18H24GeN.Ir/c1-25(2)37-30-17-9-7-15-28(30)29-16-8-10-18-31(29)39(37)45-36-20-12-11-19-35(36)43-41(45)33-22-21-26(3)38-32-23-24-34(27-13-5-4-6-14-27)44-42(32)46-40(33)38;1-14(2)11-16-12-18(15-9-7-6-8-10-15)20-13-17(16)19(3,4)5;/h4-21,23-25H,1-3H3;6-9,12-14H,11H2,1-5H3;/q2*-1;. The maximum Gasteiger partial charge on any atom is 0.216 e. The summed E-state index contributed by atoms with van der Waals surface area (Å²) in [6, 6.07) is 59.6. The molecule has 0 saturated carbocycles. The van der Waals surface area contributed by atoms with E-state index in [0.717, 1.165) is 79.0 Å². The van der Waals surface area contributed by atoms with Crippen LogP contribution in [-0.4, -0.2) is 32.8 Å². The van der Waals surface area contributed by atoms with Crippen molar-refractivity contribution in [2.75, 3.05) is 0 Å². The first-order valence-electron chi connectivity index (χ1n) is 23.1. The molecule has 0 bridgehead atoms. The Morgan fingerprint density at radius 3 is 2.04 bits per heavy atom. The Morgan fingerprint density at radius 1 is 0.672 bits per heavy atom. The number of nitrogens with zero attached hydrogens (tertiary/aromatic N) is 4. The number of fused-ring (bicyclic) bond motifs is 7. The molecule has 5 nitrogen and oxygen atoms in total. The van der Waals surface area contributed by atoms with Crippen LogP contribution in [0.3, 0.4) is 0 Å². The average molecular weight is 1110 g/mol. The van der Waals surface area contributed by atoms with Crippen molar-refractivity contribution in [3.05, 3.63) is 187 Å². The van der Waals surface area contributed by atoms with Crippen LogP contribution in [0.1, 0.15) is 50.3 Å². The minimum Gasteiger partial charge on any atom is -0.486 e. The average Bonchev–Trinajstić information content (AvgIpc) is 3.91. The molecule has 0 atom stereocenters. The Labute approximate surface area is 410 Å². The number of pyridine rings is 2. The van der Waals surface area contributed by atoms with Gasteiger partial charge in [0.15, 0.2) is 0 Å². The van der Waals surface area contributed by atoms with Gasteiger partial charge in [-0.15, -0.1) is 17.7 Å². The summed E-state index contributed by atoms with van der Waals surface area (Å²) >= 11 is -1.86. The summed E-state index contributed by atoms with van der Waals surface area (Å²) in [5.41, 5.74) is 13.3. The molecule has 0 spiro atoms. The van der Waals surface area contributed by atoms with Crippen molar-refractivity contribution < 1.29 is 24.5 Å². The van der Waals surface area contributed by atoms with Gasteiger partial charge in [0.05, 0.1) is 33.8 Å². The van der Waals surface area contributed by atoms with Gasteiger partial charge in [0.2, 0.25) is 5.71 Å². The van der Waals surface area contributed by atoms with Gasteiger partial charge in [0.25, 0.3) is 0 Å². The molecule has 4 aromatic heterocycles. The monoisotopic (exact) mass is 1110 g/mol. The van der Waals surface area contributed by atoms with Crippen LogP contribution >= 0.6 is 0 Å². The Hall–Kier alpha value is -6.18. The van der Waals surface area contributed by atoms with Crippen LogP contribution in [0.25, 0.3) is 94.2 Å². The number of aryl methyl sites for hydroxylation is 1. The van der Waals surface area contributed by atoms with Gasteiger partial charge in [0.1, 0.15) is 0 Å². The zero-order chi connectivity index (χ0) is 45.7. The first-order valence-corrected chi connectivity index (χ1v) is 30.5. The molecule has 7 heteroatoms. The topological polar surface area (TPSA) is 56.7 Å². The van der Waals surface area contributed by atoms with Crippen molar-refractivity contribution >= 4 is 72.3 Å². The first kappa shape index (κ1) is 46.0. The first-order chi connectivity index (χ1) is 32.0. The Morgan fingerprint density at radius 2 is 1.34 bits per heavy atom. The van der Waals surface area contributed by atoms with Gasteiger partial charge in [-0.2, -0.15) is 0 Å². The van der Waals surface area contributed by atoms with Gasteiger partial charge in [-0.05, 0) is 51.9 Å². The molecular weight excluding hydrogens is 1060 g/mol. The smallest absolute Gasteiger partial charge is 0.216 e. The largest absolute Gasteiger partial charge is 0.486 e. The van der Waals surface area contributed by atoms with Crippen molar-refractivity contribution in [2.24, 2.45) is 5.92 Å². The van der Waals surface area contributed by atoms with Crippen LogP contribution < -0.4 is 4.40 Å². The van der Waals surface area contributed by atoms with Crippen LogP contribution in [0.4, 0.5) is 0 Å². The number of hydrogen-bond acceptors (Lipinski definition) is 4. The van der Waals surface area contributed by atoms with Crippen LogP contribution in [0.5, 0.6) is 0 Å². The predicted molar refractivity (Wildman–Crippen MR) is 280 cm³/mol. The van der Waals surface area contributed by atoms with E-state index >= 15 is 0 Å². The van der Waals surface area contributed by atoms with Gasteiger partial charge in [0, 0.05) is 36.4 Å². The zero-order valence-electron chi connectivity index (χ0n) is 39.4. The van der Waals surface area contributed by atoms with Crippen LogP contribution in [0.15, 0.2) is 162 Å². The van der Waals surface area contributed by atoms with Crippen molar-refractivity contribution in [3.8, 4) is 39.6 Å². The molecule has 1 radical (unpaired) electrons. The number of benzene rings is 7. The molecule has 0 aliphatic heterocycles. The summed E-state index contributed by atoms with van der Waals surface area (Å²) in [6.07, 6.45) is 3.27. The Kier molecular flexibility index (Phi) is 12.9. The fourth-order valence-corrected chi connectivity index (χ4v) is 13.0. The number of imidazole rings is 1. The minimum absolute atomic E-state index is 0. The molecule has 4 heterocycles. The molecule has 11 rings (SSSR count). The number of para-hydroxylation sites is 2. The van der Waals surface area contributed by atoms with E-state index in [-0.39, 0.29) is 26.0 Å². The molecule has 0 unspecified atom stereocenters. The van der Waals surface area contributed by atoms with Crippen LogP contribution in [-0.2, 0) is 26.5 Å². The van der Waals surface area contributed by atoms with E-state index in [1.165, 1.54) is 32.7 Å². The summed E-state index contributed by atoms with van der Waals surface area (Å²) in [6.45, 7) is 11.2. The number of furan rings is 1. The van der Waals surface area contributed by atoms with Crippen LogP contribution in [0, 0.1) is 25.0 Å². The van der Waals surface area contributed by atoms with Gasteiger partial charge >= 0.3 is 126 Å². The quantitative estimate of drug-likeness (QED) is 0.0864. The second kappa shape index (κ2) is 18.8. The number of aromatic nitrogens is 4. The SMILES string of the molecule is CC(C)Cc1cc(-c2[c-]cccc2)nc[c]1[Ge]([CH3])([CH3])[CH3].Cc1c[c-]c(-c2nc3ccccc3n2-c2c(C(C)C)c3ccccc3c3ccccc23)c2oc3nc(-c4ccccc4)ccc3c12.[Ir]. The second-order valence-corrected chi connectivity index (χ2v) is 29.8. The summed E-state index contributed by atoms with van der Waals surface area (Å²) in [5.74, 6) is 9.05. The minimum atomic E-state index is -1.86. The van der Waals surface area contributed by atoms with E-state index in [2.05, 4.69) is 190 Å². The van der Waals surface area contributed by atoms with E-state index < -0.39 is 13.3 Å². The molecule has 0 amide bonds. The van der Waals surface area contributed by atoms with E-state index in [4.69, 9.17) is 19.4 Å². The summed E-state index contributed by atoms with van der Waals surface area (Å²) in [5, 5.41) is 6.97. The molecule has 0 aliphatic carbocycles. The summed E-state index contributed by atoms with van der Waals surface area (Å²) in [7, 11) is 0. The molecule has 0 fully saturated rings. The molecule has 7 aromatic carbocycles. The molecule has 11 aromatic rings. The molecule has 67 heavy (non-hydrogen) atoms. The maximum absolute atomic E-state index is 6.71.